The molecule has 0 aliphatic heterocycles. The number of esters is 5. The van der Waals surface area contributed by atoms with Gasteiger partial charge in [0.1, 0.15) is 79.3 Å². The van der Waals surface area contributed by atoms with Crippen molar-refractivity contribution in [3.05, 3.63) is 0 Å². The molecule has 656 valence electrons. The van der Waals surface area contributed by atoms with Crippen LogP contribution in [0.1, 0.15) is 225 Å². The number of amides is 8. The first kappa shape index (κ1) is 112. The van der Waals surface area contributed by atoms with Crippen LogP contribution < -0.4 is 42.5 Å². The highest BCUT2D eigenvalue weighted by molar-refractivity contribution is 5.78. The summed E-state index contributed by atoms with van der Waals surface area (Å²) in [6.45, 7) is 34.9. The molecule has 0 fully saturated rings. The van der Waals surface area contributed by atoms with Gasteiger partial charge in [-0.05, 0) is 141 Å². The minimum absolute atomic E-state index is 0. The molecule has 0 bridgehead atoms. The summed E-state index contributed by atoms with van der Waals surface area (Å²) < 4.78 is 63.7. The third-order valence-corrected chi connectivity index (χ3v) is 19.3. The Bertz CT molecular complexity index is 2770. The van der Waals surface area contributed by atoms with E-state index in [4.69, 9.17) is 56.8 Å². The van der Waals surface area contributed by atoms with Crippen LogP contribution >= 0.6 is 0 Å². The first-order valence-corrected chi connectivity index (χ1v) is 37.3. The Balaban J connectivity index is -0.000000558. The molecule has 36 nitrogen and oxygen atoms in total. The number of alkyl carbamates (subject to hydrolysis) is 7. The fourth-order valence-electron chi connectivity index (χ4n) is 7.55. The van der Waals surface area contributed by atoms with Gasteiger partial charge >= 0.3 is 72.5 Å². The topological polar surface area (TPSA) is 490 Å². The highest BCUT2D eigenvalue weighted by Gasteiger charge is 2.41. The lowest BCUT2D eigenvalue weighted by Crippen LogP contribution is -2.45. The molecule has 0 saturated heterocycles. The van der Waals surface area contributed by atoms with E-state index in [-0.39, 0.29) is 146 Å². The van der Waals surface area contributed by atoms with Crippen molar-refractivity contribution in [1.29, 1.82) is 0 Å². The van der Waals surface area contributed by atoms with Gasteiger partial charge in [-0.2, -0.15) is 0 Å². The van der Waals surface area contributed by atoms with Crippen LogP contribution in [0.25, 0.3) is 0 Å². The van der Waals surface area contributed by atoms with E-state index < -0.39 is 127 Å². The van der Waals surface area contributed by atoms with Gasteiger partial charge in [0.25, 0.3) is 0 Å². The number of carbonyl (C=O) groups excluding carboxylic acids is 13. The van der Waals surface area contributed by atoms with Crippen molar-refractivity contribution in [2.24, 2.45) is 54.1 Å². The molecule has 36 heteroatoms. The lowest BCUT2D eigenvalue weighted by atomic mass is 9.87. The maximum absolute atomic E-state index is 12.7. The van der Waals surface area contributed by atoms with Gasteiger partial charge in [0.2, 0.25) is 5.91 Å². The molecule has 0 saturated carbocycles. The first-order chi connectivity index (χ1) is 51.1. The zero-order valence-electron chi connectivity index (χ0n) is 69.8. The van der Waals surface area contributed by atoms with Crippen LogP contribution in [0.15, 0.2) is 0 Å². The Hall–Kier alpha value is -8.41. The predicted octanol–water partition coefficient (Wildman–Crippen LogP) is 9.44. The molecule has 11 N–H and O–H groups in total. The average molecular weight is 1620 g/mol. The number of nitrogens with one attached hydrogen (secondary N) is 8. The number of carbonyl (C=O) groups is 13. The van der Waals surface area contributed by atoms with E-state index in [1.54, 1.807) is 111 Å². The number of hydrogen-bond donors (Lipinski definition) is 11. The van der Waals surface area contributed by atoms with Crippen molar-refractivity contribution in [2.45, 2.75) is 225 Å². The van der Waals surface area contributed by atoms with E-state index in [1.165, 1.54) is 14.0 Å². The SMILES string of the molecule is C.C.CCC(CO)(COC(=O)NC)COC(=O)C(C)(C)C.CCC(CO)(COC(=O)NCNC(=O)OCC(CC)(CO)COC(=O)C(C)(C)CC)COC(=O)C(C)(C)CC.CCNC(=O)OCC(CC)(COC(=O)NCNC(=O)OCC(CC)(COC(=O)NCNC(C)=O)COC(=O)C(C)(C)CC)COC(=O)C(C)(C)CC. The number of aliphatic hydroxyl groups excluding tert-OH is 3. The van der Waals surface area contributed by atoms with E-state index in [1.807, 2.05) is 34.6 Å². The van der Waals surface area contributed by atoms with Gasteiger partial charge in [0.15, 0.2) is 0 Å². The number of hydrogen-bond acceptors (Lipinski definition) is 28. The summed E-state index contributed by atoms with van der Waals surface area (Å²) in [5.74, 6) is -2.45. The smallest absolute Gasteiger partial charge is 0.408 e. The largest absolute Gasteiger partial charge is 0.464 e. The lowest BCUT2D eigenvalue weighted by molar-refractivity contribution is -0.161. The minimum atomic E-state index is -1.14. The summed E-state index contributed by atoms with van der Waals surface area (Å²) in [5.41, 5.74) is -8.35. The standard InChI is InChI=1S/C34H61N5O13.C27H50N2O10.C13H25NO5.2CH4/c1-11-31(7,8)25(41)47-16-33(13-3,18-49-27(43)35-15-5)19-51-29(45)38-23-39-30(46)52-21-34(14-4,17-48-26(42)32(9,10)12-2)20-50-28(44)37-22-36-24(6)40;1-9-24(5,6)20(32)36-15-26(11-3,13-30)17-38-22(34)28-19-29-23(35)39-18-27(12-4,14-31)16-37-21(33)25(7,8)10-2;1-6-13(7-15,9-19-11(17)14-5)8-18-10(16)12(2,3)4;;/h11-23H2,1-10H3,(H,35,43)(H,36,40)(H,37,44)(H,38,45)(H,39,46);30-31H,9-19H2,1-8H3,(H,28,34)(H,29,35);15H,6-9H2,1-5H3,(H,14,17);2*1H4. The number of rotatable bonds is 47. The molecule has 0 aliphatic carbocycles. The van der Waals surface area contributed by atoms with E-state index in [2.05, 4.69) is 42.5 Å². The molecule has 112 heavy (non-hydrogen) atoms. The third-order valence-electron chi connectivity index (χ3n) is 19.3. The second kappa shape index (κ2) is 55.1. The molecular weight excluding hydrogens is 1470 g/mol. The first-order valence-electron chi connectivity index (χ1n) is 37.3. The van der Waals surface area contributed by atoms with Gasteiger partial charge < -0.3 is 115 Å². The molecule has 0 radical (unpaired) electrons. The van der Waals surface area contributed by atoms with Gasteiger partial charge in [0, 0.05) is 20.5 Å². The van der Waals surface area contributed by atoms with E-state index in [0.717, 1.165) is 0 Å². The monoisotopic (exact) mass is 1620 g/mol. The zero-order valence-corrected chi connectivity index (χ0v) is 69.8. The second-order valence-electron chi connectivity index (χ2n) is 30.8. The summed E-state index contributed by atoms with van der Waals surface area (Å²) in [4.78, 5) is 157. The fraction of sp³-hybridized carbons (Fsp3) is 0.829. The van der Waals surface area contributed by atoms with Crippen molar-refractivity contribution in [3.8, 4) is 0 Å². The second-order valence-corrected chi connectivity index (χ2v) is 30.8. The van der Waals surface area contributed by atoms with Gasteiger partial charge in [-0.1, -0.05) is 77.2 Å². The maximum Gasteiger partial charge on any atom is 0.408 e. The maximum atomic E-state index is 12.7. The summed E-state index contributed by atoms with van der Waals surface area (Å²) in [5, 5.41) is 48.2. The molecule has 0 spiro atoms. The molecule has 0 aromatic rings. The fourth-order valence-corrected chi connectivity index (χ4v) is 7.55. The van der Waals surface area contributed by atoms with Crippen molar-refractivity contribution in [1.82, 2.24) is 42.5 Å². The van der Waals surface area contributed by atoms with Crippen molar-refractivity contribution < 1.29 is 134 Å². The number of aliphatic hydroxyl groups is 3. The highest BCUT2D eigenvalue weighted by Crippen LogP contribution is 2.33. The summed E-state index contributed by atoms with van der Waals surface area (Å²) in [6, 6.07) is 0. The Morgan fingerprint density at radius 1 is 0.259 bits per heavy atom. The average Bonchev–Trinajstić information content (AvgIpc) is 0.894. The van der Waals surface area contributed by atoms with Gasteiger partial charge in [-0.3, -0.25) is 28.8 Å². The molecule has 0 aromatic carbocycles. The van der Waals surface area contributed by atoms with Crippen LogP contribution in [0.2, 0.25) is 0 Å². The van der Waals surface area contributed by atoms with Crippen LogP contribution in [-0.4, -0.2) is 226 Å². The highest BCUT2D eigenvalue weighted by atomic mass is 16.6. The Labute approximate surface area is 664 Å². The molecule has 0 aliphatic rings. The third kappa shape index (κ3) is 44.1. The Morgan fingerprint density at radius 2 is 0.446 bits per heavy atom. The minimum Gasteiger partial charge on any atom is -0.464 e. The Morgan fingerprint density at radius 3 is 0.634 bits per heavy atom. The molecule has 0 aromatic heterocycles. The summed E-state index contributed by atoms with van der Waals surface area (Å²) >= 11 is 0. The van der Waals surface area contributed by atoms with E-state index >= 15 is 0 Å². The van der Waals surface area contributed by atoms with Gasteiger partial charge in [-0.15, -0.1) is 0 Å². The molecule has 8 amide bonds. The molecular formula is C76H144N8O28. The quantitative estimate of drug-likeness (QED) is 0.0153. The molecule has 0 rings (SSSR count). The molecule has 5 atom stereocenters. The van der Waals surface area contributed by atoms with Crippen molar-refractivity contribution in [2.75, 3.05) is 133 Å². The normalized spacial score (nSPS) is 13.9. The molecule has 5 unspecified atom stereocenters. The zero-order chi connectivity index (χ0) is 85.4. The summed E-state index contributed by atoms with van der Waals surface area (Å²) in [6.07, 6.45) is -1.61. The number of ether oxygens (including phenoxy) is 12. The molecule has 0 heterocycles. The van der Waals surface area contributed by atoms with Crippen LogP contribution in [0.3, 0.4) is 0 Å². The van der Waals surface area contributed by atoms with Crippen LogP contribution in [0.5, 0.6) is 0 Å². The Kier molecular flexibility index (Phi) is 55.2. The van der Waals surface area contributed by atoms with Gasteiger partial charge in [-0.25, -0.2) is 33.6 Å². The predicted molar refractivity (Wildman–Crippen MR) is 415 cm³/mol. The van der Waals surface area contributed by atoms with Crippen LogP contribution in [-0.2, 0) is 85.6 Å². The van der Waals surface area contributed by atoms with Crippen LogP contribution in [0.4, 0.5) is 33.6 Å². The van der Waals surface area contributed by atoms with Crippen LogP contribution in [0, 0.1) is 54.1 Å². The van der Waals surface area contributed by atoms with E-state index in [0.29, 0.717) is 57.9 Å². The van der Waals surface area contributed by atoms with Crippen molar-refractivity contribution >= 4 is 78.4 Å². The van der Waals surface area contributed by atoms with Crippen molar-refractivity contribution in [3.63, 3.8) is 0 Å². The van der Waals surface area contributed by atoms with Gasteiger partial charge in [0.05, 0.1) is 94.0 Å². The lowest BCUT2D eigenvalue weighted by Gasteiger charge is -2.32. The van der Waals surface area contributed by atoms with E-state index in [9.17, 15) is 77.6 Å². The summed E-state index contributed by atoms with van der Waals surface area (Å²) in [7, 11) is 1.45.